The molecule has 106 valence electrons. The number of rotatable bonds is 4. The highest BCUT2D eigenvalue weighted by Gasteiger charge is 2.23. The van der Waals surface area contributed by atoms with Crippen LogP contribution in [0, 0.1) is 11.8 Å². The van der Waals surface area contributed by atoms with E-state index in [-0.39, 0.29) is 11.4 Å². The van der Waals surface area contributed by atoms with E-state index in [0.29, 0.717) is 12.5 Å². The molecule has 0 spiro atoms. The largest absolute Gasteiger partial charge is 0.351 e. The monoisotopic (exact) mass is 254 g/mol. The molecule has 1 fully saturated rings. The van der Waals surface area contributed by atoms with Gasteiger partial charge in [-0.1, -0.05) is 13.8 Å². The maximum absolute atomic E-state index is 11.7. The fraction of sp³-hybridized carbons (Fsp3) is 0.933. The molecule has 0 saturated heterocycles. The van der Waals surface area contributed by atoms with Crippen LogP contribution in [0.4, 0.5) is 0 Å². The van der Waals surface area contributed by atoms with Gasteiger partial charge in [0.05, 0.1) is 0 Å². The van der Waals surface area contributed by atoms with Crippen LogP contribution in [0.1, 0.15) is 60.3 Å². The van der Waals surface area contributed by atoms with Crippen LogP contribution in [-0.2, 0) is 4.79 Å². The fourth-order valence-electron chi connectivity index (χ4n) is 2.98. The molecule has 2 atom stereocenters. The zero-order chi connectivity index (χ0) is 13.8. The Labute approximate surface area is 112 Å². The molecule has 2 unspecified atom stereocenters. The molecule has 1 aliphatic rings. The summed E-state index contributed by atoms with van der Waals surface area (Å²) in [7, 11) is 0. The third-order valence-electron chi connectivity index (χ3n) is 3.48. The number of nitrogens with one attached hydrogen (secondary N) is 2. The second-order valence-electron chi connectivity index (χ2n) is 7.12. The maximum Gasteiger partial charge on any atom is 0.221 e. The summed E-state index contributed by atoms with van der Waals surface area (Å²) < 4.78 is 0. The summed E-state index contributed by atoms with van der Waals surface area (Å²) in [6, 6.07) is 0.603. The van der Waals surface area contributed by atoms with E-state index < -0.39 is 0 Å². The van der Waals surface area contributed by atoms with Gasteiger partial charge < -0.3 is 10.6 Å². The molecular weight excluding hydrogens is 224 g/mol. The number of amides is 1. The summed E-state index contributed by atoms with van der Waals surface area (Å²) in [6.45, 7) is 11.5. The predicted octanol–water partition coefficient (Wildman–Crippen LogP) is 2.71. The molecule has 3 heteroatoms. The minimum absolute atomic E-state index is 0.120. The molecule has 1 amide bonds. The van der Waals surface area contributed by atoms with E-state index in [1.54, 1.807) is 0 Å². The number of carbonyl (C=O) groups excluding carboxylic acids is 1. The molecule has 0 aromatic heterocycles. The predicted molar refractivity (Wildman–Crippen MR) is 76.5 cm³/mol. The minimum Gasteiger partial charge on any atom is -0.351 e. The molecule has 0 aliphatic heterocycles. The highest BCUT2D eigenvalue weighted by Crippen LogP contribution is 2.28. The Morgan fingerprint density at radius 3 is 2.17 bits per heavy atom. The smallest absolute Gasteiger partial charge is 0.221 e. The van der Waals surface area contributed by atoms with E-state index in [1.165, 1.54) is 19.3 Å². The average Bonchev–Trinajstić information content (AvgIpc) is 2.12. The lowest BCUT2D eigenvalue weighted by Crippen LogP contribution is -2.43. The Morgan fingerprint density at radius 2 is 1.67 bits per heavy atom. The molecule has 3 nitrogen and oxygen atoms in total. The Hall–Kier alpha value is -0.570. The van der Waals surface area contributed by atoms with Gasteiger partial charge in [-0.15, -0.1) is 0 Å². The van der Waals surface area contributed by atoms with Gasteiger partial charge in [-0.3, -0.25) is 4.79 Å². The van der Waals surface area contributed by atoms with Gasteiger partial charge >= 0.3 is 0 Å². The summed E-state index contributed by atoms with van der Waals surface area (Å²) in [5.41, 5.74) is -0.120. The van der Waals surface area contributed by atoms with Crippen LogP contribution >= 0.6 is 0 Å². The van der Waals surface area contributed by atoms with Gasteiger partial charge in [-0.05, 0) is 51.9 Å². The minimum atomic E-state index is -0.120. The van der Waals surface area contributed by atoms with Gasteiger partial charge in [0.1, 0.15) is 0 Å². The van der Waals surface area contributed by atoms with Crippen molar-refractivity contribution in [2.45, 2.75) is 71.9 Å². The van der Waals surface area contributed by atoms with Crippen molar-refractivity contribution in [2.24, 2.45) is 11.8 Å². The van der Waals surface area contributed by atoms with Gasteiger partial charge in [0, 0.05) is 24.5 Å². The lowest BCUT2D eigenvalue weighted by molar-refractivity contribution is -0.122. The molecule has 0 aromatic carbocycles. The van der Waals surface area contributed by atoms with E-state index in [9.17, 15) is 4.79 Å². The van der Waals surface area contributed by atoms with Crippen molar-refractivity contribution < 1.29 is 4.79 Å². The second kappa shape index (κ2) is 6.55. The van der Waals surface area contributed by atoms with Gasteiger partial charge in [-0.25, -0.2) is 0 Å². The Bertz CT molecular complexity index is 260. The lowest BCUT2D eigenvalue weighted by Gasteiger charge is -2.32. The van der Waals surface area contributed by atoms with Crippen LogP contribution in [0.5, 0.6) is 0 Å². The van der Waals surface area contributed by atoms with Crippen molar-refractivity contribution in [1.82, 2.24) is 10.6 Å². The van der Waals surface area contributed by atoms with Crippen molar-refractivity contribution in [1.29, 1.82) is 0 Å². The van der Waals surface area contributed by atoms with E-state index in [4.69, 9.17) is 0 Å². The van der Waals surface area contributed by atoms with Gasteiger partial charge in [0.2, 0.25) is 5.91 Å². The van der Waals surface area contributed by atoms with Crippen molar-refractivity contribution >= 4 is 5.91 Å². The zero-order valence-corrected chi connectivity index (χ0v) is 12.7. The maximum atomic E-state index is 11.7. The highest BCUT2D eigenvalue weighted by atomic mass is 16.1. The standard InChI is InChI=1S/C15H30N2O/c1-11-8-12(2)10-13(9-11)16-7-6-14(18)17-15(3,4)5/h11-13,16H,6-10H2,1-5H3,(H,17,18). The molecular formula is C15H30N2O. The molecule has 1 saturated carbocycles. The van der Waals surface area contributed by atoms with Gasteiger partial charge in [0.25, 0.3) is 0 Å². The molecule has 0 heterocycles. The molecule has 1 rings (SSSR count). The van der Waals surface area contributed by atoms with Crippen LogP contribution in [0.25, 0.3) is 0 Å². The van der Waals surface area contributed by atoms with E-state index in [2.05, 4.69) is 24.5 Å². The van der Waals surface area contributed by atoms with Crippen LogP contribution in [0.2, 0.25) is 0 Å². The van der Waals surface area contributed by atoms with Crippen molar-refractivity contribution in [3.05, 3.63) is 0 Å². The molecule has 2 N–H and O–H groups in total. The first-order chi connectivity index (χ1) is 8.26. The number of hydrogen-bond acceptors (Lipinski definition) is 2. The summed E-state index contributed by atoms with van der Waals surface area (Å²) in [4.78, 5) is 11.7. The quantitative estimate of drug-likeness (QED) is 0.810. The van der Waals surface area contributed by atoms with Crippen LogP contribution < -0.4 is 10.6 Å². The highest BCUT2D eigenvalue weighted by molar-refractivity contribution is 5.76. The van der Waals surface area contributed by atoms with E-state index in [1.807, 2.05) is 20.8 Å². The first kappa shape index (κ1) is 15.5. The first-order valence-corrected chi connectivity index (χ1v) is 7.30. The van der Waals surface area contributed by atoms with Gasteiger partial charge in [-0.2, -0.15) is 0 Å². The third-order valence-corrected chi connectivity index (χ3v) is 3.48. The lowest BCUT2D eigenvalue weighted by atomic mass is 9.80. The molecule has 1 aliphatic carbocycles. The summed E-state index contributed by atoms with van der Waals surface area (Å²) in [5.74, 6) is 1.77. The summed E-state index contributed by atoms with van der Waals surface area (Å²) in [5, 5.41) is 6.53. The van der Waals surface area contributed by atoms with E-state index >= 15 is 0 Å². The van der Waals surface area contributed by atoms with Crippen molar-refractivity contribution in [2.75, 3.05) is 6.54 Å². The fourth-order valence-corrected chi connectivity index (χ4v) is 2.98. The number of carbonyl (C=O) groups is 1. The average molecular weight is 254 g/mol. The van der Waals surface area contributed by atoms with Crippen LogP contribution in [0.3, 0.4) is 0 Å². The molecule has 0 radical (unpaired) electrons. The zero-order valence-electron chi connectivity index (χ0n) is 12.7. The SMILES string of the molecule is CC1CC(C)CC(NCCC(=O)NC(C)(C)C)C1. The van der Waals surface area contributed by atoms with Crippen molar-refractivity contribution in [3.8, 4) is 0 Å². The molecule has 0 bridgehead atoms. The van der Waals surface area contributed by atoms with Crippen LogP contribution in [-0.4, -0.2) is 24.0 Å². The second-order valence-corrected chi connectivity index (χ2v) is 7.12. The first-order valence-electron chi connectivity index (χ1n) is 7.30. The molecule has 18 heavy (non-hydrogen) atoms. The van der Waals surface area contributed by atoms with Crippen molar-refractivity contribution in [3.63, 3.8) is 0 Å². The topological polar surface area (TPSA) is 41.1 Å². The van der Waals surface area contributed by atoms with Crippen LogP contribution in [0.15, 0.2) is 0 Å². The molecule has 0 aromatic rings. The normalized spacial score (nSPS) is 29.1. The summed E-state index contributed by atoms with van der Waals surface area (Å²) >= 11 is 0. The van der Waals surface area contributed by atoms with E-state index in [0.717, 1.165) is 18.4 Å². The summed E-state index contributed by atoms with van der Waals surface area (Å²) in [6.07, 6.45) is 4.44. The Morgan fingerprint density at radius 1 is 1.11 bits per heavy atom. The third kappa shape index (κ3) is 6.39. The Kier molecular flexibility index (Phi) is 5.64. The number of hydrogen-bond donors (Lipinski definition) is 2. The Balaban J connectivity index is 2.19. The van der Waals surface area contributed by atoms with Gasteiger partial charge in [0.15, 0.2) is 0 Å².